The van der Waals surface area contributed by atoms with Crippen LogP contribution in [-0.2, 0) is 4.79 Å². The van der Waals surface area contributed by atoms with Gasteiger partial charge in [0, 0.05) is 54.8 Å². The Bertz CT molecular complexity index is 1200. The van der Waals surface area contributed by atoms with E-state index < -0.39 is 0 Å². The van der Waals surface area contributed by atoms with E-state index in [9.17, 15) is 10.1 Å². The number of aromatic nitrogens is 1. The summed E-state index contributed by atoms with van der Waals surface area (Å²) in [5, 5.41) is 17.3. The predicted octanol–water partition coefficient (Wildman–Crippen LogP) is 3.85. The van der Waals surface area contributed by atoms with E-state index in [0.717, 1.165) is 49.6 Å². The minimum absolute atomic E-state index is 0.0136. The maximum absolute atomic E-state index is 12.6. The molecule has 3 aliphatic rings. The number of allylic oxidation sites excluding steroid dienone is 3. The molecule has 2 aliphatic carbocycles. The molecule has 2 heterocycles. The summed E-state index contributed by atoms with van der Waals surface area (Å²) >= 11 is 1.69. The topological polar surface area (TPSA) is 90.3 Å². The third kappa shape index (κ3) is 5.24. The molecule has 0 spiro atoms. The van der Waals surface area contributed by atoms with E-state index in [1.807, 2.05) is 43.1 Å². The first kappa shape index (κ1) is 24.7. The smallest absolute Gasteiger partial charge is 0.236 e. The fourth-order valence-electron chi connectivity index (χ4n) is 5.42. The first-order chi connectivity index (χ1) is 17.5. The number of fused-ring (bicyclic) bond motifs is 1. The van der Waals surface area contributed by atoms with E-state index in [4.69, 9.17) is 9.72 Å². The van der Waals surface area contributed by atoms with Gasteiger partial charge in [-0.3, -0.25) is 4.79 Å². The Morgan fingerprint density at radius 3 is 2.94 bits per heavy atom. The first-order valence-corrected chi connectivity index (χ1v) is 13.6. The largest absolute Gasteiger partial charge is 0.490 e. The fourth-order valence-corrected chi connectivity index (χ4v) is 6.47. The van der Waals surface area contributed by atoms with Crippen molar-refractivity contribution in [1.29, 1.82) is 5.26 Å². The van der Waals surface area contributed by atoms with Gasteiger partial charge in [-0.05, 0) is 56.4 Å². The van der Waals surface area contributed by atoms with Crippen LogP contribution in [0.4, 0.5) is 0 Å². The minimum atomic E-state index is 0.0136. The second-order valence-electron chi connectivity index (χ2n) is 9.88. The fraction of sp³-hybridized carbons (Fsp3) is 0.464. The average Bonchev–Trinajstić information content (AvgIpc) is 3.55. The Morgan fingerprint density at radius 1 is 1.33 bits per heavy atom. The summed E-state index contributed by atoms with van der Waals surface area (Å²) in [5.41, 5.74) is 2.86. The van der Waals surface area contributed by atoms with Crippen LogP contribution in [0.1, 0.15) is 43.0 Å². The van der Waals surface area contributed by atoms with Gasteiger partial charge in [0.05, 0.1) is 18.2 Å². The van der Waals surface area contributed by atoms with Crippen LogP contribution in [0.5, 0.6) is 5.75 Å². The molecule has 188 valence electrons. The Balaban J connectivity index is 1.26. The number of nitriles is 1. The molecule has 1 aromatic carbocycles. The van der Waals surface area contributed by atoms with Gasteiger partial charge in [0.2, 0.25) is 5.91 Å². The summed E-state index contributed by atoms with van der Waals surface area (Å²) < 4.78 is 5.77. The molecular weight excluding hydrogens is 470 g/mol. The Hall–Kier alpha value is -2.99. The van der Waals surface area contributed by atoms with Crippen LogP contribution in [0.15, 0.2) is 48.2 Å². The number of rotatable bonds is 7. The van der Waals surface area contributed by atoms with Gasteiger partial charge in [-0.15, -0.1) is 11.3 Å². The number of nitrogens with zero attached hydrogens (tertiary/aromatic N) is 3. The monoisotopic (exact) mass is 503 g/mol. The predicted molar refractivity (Wildman–Crippen MR) is 142 cm³/mol. The average molecular weight is 504 g/mol. The highest BCUT2D eigenvalue weighted by Crippen LogP contribution is 2.46. The quantitative estimate of drug-likeness (QED) is 0.597. The Labute approximate surface area is 216 Å². The molecule has 0 bridgehead atoms. The summed E-state index contributed by atoms with van der Waals surface area (Å²) in [4.78, 5) is 20.5. The summed E-state index contributed by atoms with van der Waals surface area (Å²) in [6, 6.07) is 8.21. The van der Waals surface area contributed by atoms with Gasteiger partial charge in [-0.2, -0.15) is 5.26 Å². The van der Waals surface area contributed by atoms with Crippen molar-refractivity contribution < 1.29 is 9.53 Å². The van der Waals surface area contributed by atoms with Crippen molar-refractivity contribution in [2.75, 3.05) is 32.7 Å². The SMILES string of the molecule is CC(C)Oc1ccc(-c2ncc(C3C=CC=C4C3CC[C@@H]4NCC(=O)N3CCNCC3)s2)cc1C#N. The molecular formula is C28H33N5O2S. The molecule has 2 aromatic rings. The number of carbonyl (C=O) groups is 1. The highest BCUT2D eigenvalue weighted by molar-refractivity contribution is 7.15. The van der Waals surface area contributed by atoms with Crippen LogP contribution in [0.2, 0.25) is 0 Å². The number of hydrogen-bond donors (Lipinski definition) is 2. The zero-order valence-corrected chi connectivity index (χ0v) is 21.7. The molecule has 2 unspecified atom stereocenters. The molecule has 1 saturated heterocycles. The highest BCUT2D eigenvalue weighted by atomic mass is 32.1. The van der Waals surface area contributed by atoms with Crippen LogP contribution < -0.4 is 15.4 Å². The molecule has 8 heteroatoms. The number of amides is 1. The number of ether oxygens (including phenoxy) is 1. The highest BCUT2D eigenvalue weighted by Gasteiger charge is 2.37. The lowest BCUT2D eigenvalue weighted by Gasteiger charge is -2.29. The van der Waals surface area contributed by atoms with E-state index >= 15 is 0 Å². The third-order valence-corrected chi connectivity index (χ3v) is 8.32. The number of thiazole rings is 1. The second kappa shape index (κ2) is 11.0. The lowest BCUT2D eigenvalue weighted by atomic mass is 9.82. The van der Waals surface area contributed by atoms with E-state index in [1.165, 1.54) is 10.5 Å². The van der Waals surface area contributed by atoms with Crippen molar-refractivity contribution >= 4 is 17.2 Å². The first-order valence-electron chi connectivity index (χ1n) is 12.8. The molecule has 36 heavy (non-hydrogen) atoms. The van der Waals surface area contributed by atoms with Gasteiger partial charge in [0.15, 0.2) is 0 Å². The van der Waals surface area contributed by atoms with Crippen LogP contribution in [0.3, 0.4) is 0 Å². The van der Waals surface area contributed by atoms with Gasteiger partial charge in [0.1, 0.15) is 16.8 Å². The lowest BCUT2D eigenvalue weighted by molar-refractivity contribution is -0.130. The summed E-state index contributed by atoms with van der Waals surface area (Å²) in [5.74, 6) is 1.51. The molecule has 1 saturated carbocycles. The van der Waals surface area contributed by atoms with E-state index in [2.05, 4.69) is 34.9 Å². The summed E-state index contributed by atoms with van der Waals surface area (Å²) in [7, 11) is 0. The van der Waals surface area contributed by atoms with Crippen molar-refractivity contribution in [2.24, 2.45) is 5.92 Å². The van der Waals surface area contributed by atoms with Crippen LogP contribution in [-0.4, -0.2) is 60.7 Å². The van der Waals surface area contributed by atoms with Gasteiger partial charge in [-0.25, -0.2) is 4.98 Å². The van der Waals surface area contributed by atoms with Crippen molar-refractivity contribution in [2.45, 2.75) is 44.8 Å². The molecule has 1 amide bonds. The molecule has 1 aromatic heterocycles. The summed E-state index contributed by atoms with van der Waals surface area (Å²) in [6.07, 6.45) is 10.8. The number of nitrogens with one attached hydrogen (secondary N) is 2. The van der Waals surface area contributed by atoms with Gasteiger partial charge in [-0.1, -0.05) is 18.2 Å². The van der Waals surface area contributed by atoms with E-state index in [-0.39, 0.29) is 24.0 Å². The number of carbonyl (C=O) groups excluding carboxylic acids is 1. The zero-order valence-electron chi connectivity index (χ0n) is 20.9. The summed E-state index contributed by atoms with van der Waals surface area (Å²) in [6.45, 7) is 7.63. The number of hydrogen-bond acceptors (Lipinski definition) is 7. The maximum atomic E-state index is 12.6. The van der Waals surface area contributed by atoms with Crippen molar-refractivity contribution in [3.63, 3.8) is 0 Å². The molecule has 7 nitrogen and oxygen atoms in total. The zero-order chi connectivity index (χ0) is 25.1. The van der Waals surface area contributed by atoms with Crippen LogP contribution in [0.25, 0.3) is 10.6 Å². The molecule has 1 aliphatic heterocycles. The molecule has 0 radical (unpaired) electrons. The Kier molecular flexibility index (Phi) is 7.51. The van der Waals surface area contributed by atoms with Crippen molar-refractivity contribution in [3.05, 3.63) is 58.6 Å². The maximum Gasteiger partial charge on any atom is 0.236 e. The standard InChI is InChI=1S/C28H33N5O2S/c1-18(2)35-25-9-6-19(14-20(25)15-29)28-32-16-26(36-28)23-5-3-4-22-21(23)7-8-24(22)31-17-27(34)33-12-10-30-11-13-33/h3-6,9,14,16,18,21,23-24,30-31H,7-8,10-13,17H2,1-2H3/t21?,23?,24-/m0/s1. The van der Waals surface area contributed by atoms with Crippen molar-refractivity contribution in [1.82, 2.24) is 20.5 Å². The van der Waals surface area contributed by atoms with E-state index in [0.29, 0.717) is 23.8 Å². The van der Waals surface area contributed by atoms with Crippen LogP contribution in [0, 0.1) is 17.2 Å². The Morgan fingerprint density at radius 2 is 2.17 bits per heavy atom. The lowest BCUT2D eigenvalue weighted by Crippen LogP contribution is -2.50. The number of benzene rings is 1. The normalized spacial score (nSPS) is 23.3. The second-order valence-corrected chi connectivity index (χ2v) is 10.9. The molecule has 3 atom stereocenters. The third-order valence-electron chi connectivity index (χ3n) is 7.17. The van der Waals surface area contributed by atoms with Gasteiger partial charge in [0.25, 0.3) is 0 Å². The van der Waals surface area contributed by atoms with Gasteiger partial charge >= 0.3 is 0 Å². The van der Waals surface area contributed by atoms with Crippen LogP contribution >= 0.6 is 11.3 Å². The molecule has 2 N–H and O–H groups in total. The van der Waals surface area contributed by atoms with Crippen molar-refractivity contribution in [3.8, 4) is 22.4 Å². The molecule has 2 fully saturated rings. The molecule has 5 rings (SSSR count). The van der Waals surface area contributed by atoms with Gasteiger partial charge < -0.3 is 20.3 Å². The minimum Gasteiger partial charge on any atom is -0.490 e. The number of piperazine rings is 1. The van der Waals surface area contributed by atoms with E-state index in [1.54, 1.807) is 11.3 Å².